The minimum atomic E-state index is -0.525. The van der Waals surface area contributed by atoms with Crippen LogP contribution in [-0.4, -0.2) is 43.0 Å². The van der Waals surface area contributed by atoms with Crippen molar-refractivity contribution in [1.29, 1.82) is 0 Å². The first-order valence-corrected chi connectivity index (χ1v) is 7.92. The fourth-order valence-electron chi connectivity index (χ4n) is 3.00. The summed E-state index contributed by atoms with van der Waals surface area (Å²) in [5.41, 5.74) is 2.15. The summed E-state index contributed by atoms with van der Waals surface area (Å²) < 4.78 is 5.08. The third-order valence-electron chi connectivity index (χ3n) is 4.30. The molecule has 0 saturated heterocycles. The van der Waals surface area contributed by atoms with E-state index < -0.39 is 4.92 Å². The maximum Gasteiger partial charge on any atom is 0.310 e. The fraction of sp³-hybridized carbons (Fsp3) is 0.278. The number of fused-ring (bicyclic) bond motifs is 1. The first kappa shape index (κ1) is 16.9. The molecular formula is C18H19N3O4. The second-order valence-electron chi connectivity index (χ2n) is 5.97. The highest BCUT2D eigenvalue weighted by molar-refractivity contribution is 6.07. The SMILES string of the molecule is COc1cc(C(=O)N2CCN(C)Cc3ccccc32)ccc1[N+](=O)[O-]. The van der Waals surface area contributed by atoms with Gasteiger partial charge in [-0.3, -0.25) is 14.9 Å². The van der Waals surface area contributed by atoms with Crippen LogP contribution in [0.25, 0.3) is 0 Å². The highest BCUT2D eigenvalue weighted by Crippen LogP contribution is 2.30. The smallest absolute Gasteiger partial charge is 0.310 e. The number of carbonyl (C=O) groups is 1. The average molecular weight is 341 g/mol. The van der Waals surface area contributed by atoms with Crippen LogP contribution in [0, 0.1) is 10.1 Å². The van der Waals surface area contributed by atoms with E-state index in [-0.39, 0.29) is 17.3 Å². The van der Waals surface area contributed by atoms with Crippen LogP contribution < -0.4 is 9.64 Å². The van der Waals surface area contributed by atoms with Gasteiger partial charge in [0.1, 0.15) is 0 Å². The summed E-state index contributed by atoms with van der Waals surface area (Å²) in [4.78, 5) is 27.4. The topological polar surface area (TPSA) is 75.9 Å². The van der Waals surface area contributed by atoms with Crippen molar-refractivity contribution in [3.05, 3.63) is 63.7 Å². The van der Waals surface area contributed by atoms with Gasteiger partial charge in [0, 0.05) is 43.0 Å². The van der Waals surface area contributed by atoms with Crippen molar-refractivity contribution in [2.75, 3.05) is 32.1 Å². The van der Waals surface area contributed by atoms with Gasteiger partial charge < -0.3 is 14.5 Å². The van der Waals surface area contributed by atoms with Crippen LogP contribution in [0.15, 0.2) is 42.5 Å². The van der Waals surface area contributed by atoms with E-state index in [9.17, 15) is 14.9 Å². The molecule has 7 nitrogen and oxygen atoms in total. The standard InChI is InChI=1S/C18H19N3O4/c1-19-9-10-20(15-6-4-3-5-14(15)12-19)18(22)13-7-8-16(21(23)24)17(11-13)25-2/h3-8,11H,9-10,12H2,1-2H3. The van der Waals surface area contributed by atoms with Crippen molar-refractivity contribution in [2.45, 2.75) is 6.54 Å². The van der Waals surface area contributed by atoms with Gasteiger partial charge in [-0.15, -0.1) is 0 Å². The number of anilines is 1. The third-order valence-corrected chi connectivity index (χ3v) is 4.30. The van der Waals surface area contributed by atoms with Gasteiger partial charge in [0.15, 0.2) is 5.75 Å². The molecule has 0 spiro atoms. The van der Waals surface area contributed by atoms with Crippen LogP contribution in [0.1, 0.15) is 15.9 Å². The Hall–Kier alpha value is -2.93. The van der Waals surface area contributed by atoms with Crippen LogP contribution in [-0.2, 0) is 6.54 Å². The molecule has 2 aromatic carbocycles. The lowest BCUT2D eigenvalue weighted by molar-refractivity contribution is -0.385. The van der Waals surface area contributed by atoms with E-state index in [4.69, 9.17) is 4.74 Å². The number of nitro groups is 1. The van der Waals surface area contributed by atoms with E-state index in [0.717, 1.165) is 24.3 Å². The molecule has 0 unspecified atom stereocenters. The molecule has 1 amide bonds. The summed E-state index contributed by atoms with van der Waals surface area (Å²) in [7, 11) is 3.37. The predicted octanol–water partition coefficient (Wildman–Crippen LogP) is 2.70. The molecule has 25 heavy (non-hydrogen) atoms. The molecule has 3 rings (SSSR count). The number of carbonyl (C=O) groups excluding carboxylic acids is 1. The molecule has 0 aromatic heterocycles. The van der Waals surface area contributed by atoms with Crippen molar-refractivity contribution in [3.63, 3.8) is 0 Å². The average Bonchev–Trinajstić information content (AvgIpc) is 2.78. The minimum absolute atomic E-state index is 0.0797. The molecule has 2 aromatic rings. The lowest BCUT2D eigenvalue weighted by Crippen LogP contribution is -2.35. The van der Waals surface area contributed by atoms with Crippen LogP contribution >= 0.6 is 0 Å². The molecule has 0 N–H and O–H groups in total. The van der Waals surface area contributed by atoms with Gasteiger partial charge in [-0.25, -0.2) is 0 Å². The largest absolute Gasteiger partial charge is 0.490 e. The maximum absolute atomic E-state index is 13.1. The molecule has 0 radical (unpaired) electrons. The van der Waals surface area contributed by atoms with Gasteiger partial charge in [-0.05, 0) is 24.7 Å². The fourth-order valence-corrected chi connectivity index (χ4v) is 3.00. The first-order chi connectivity index (χ1) is 12.0. The zero-order chi connectivity index (χ0) is 18.0. The van der Waals surface area contributed by atoms with E-state index in [2.05, 4.69) is 4.90 Å². The number of nitro benzene ring substituents is 1. The van der Waals surface area contributed by atoms with E-state index in [0.29, 0.717) is 12.1 Å². The Morgan fingerprint density at radius 2 is 1.96 bits per heavy atom. The number of hydrogen-bond donors (Lipinski definition) is 0. The molecule has 1 aliphatic heterocycles. The molecule has 1 heterocycles. The van der Waals surface area contributed by atoms with Crippen molar-refractivity contribution in [1.82, 2.24) is 4.90 Å². The van der Waals surface area contributed by atoms with Gasteiger partial charge in [-0.1, -0.05) is 18.2 Å². The molecule has 0 bridgehead atoms. The first-order valence-electron chi connectivity index (χ1n) is 7.92. The summed E-state index contributed by atoms with van der Waals surface area (Å²) in [6.07, 6.45) is 0. The van der Waals surface area contributed by atoms with Crippen LogP contribution in [0.2, 0.25) is 0 Å². The Morgan fingerprint density at radius 1 is 1.20 bits per heavy atom. The lowest BCUT2D eigenvalue weighted by Gasteiger charge is -2.23. The van der Waals surface area contributed by atoms with Crippen LogP contribution in [0.4, 0.5) is 11.4 Å². The molecule has 0 aliphatic carbocycles. The number of methoxy groups -OCH3 is 1. The molecule has 1 aliphatic rings. The quantitative estimate of drug-likeness (QED) is 0.634. The number of amides is 1. The Labute approximate surface area is 145 Å². The van der Waals surface area contributed by atoms with Crippen LogP contribution in [0.5, 0.6) is 5.75 Å². The maximum atomic E-state index is 13.1. The van der Waals surface area contributed by atoms with Crippen LogP contribution in [0.3, 0.4) is 0 Å². The van der Waals surface area contributed by atoms with Crippen molar-refractivity contribution in [3.8, 4) is 5.75 Å². The van der Waals surface area contributed by atoms with Gasteiger partial charge in [0.05, 0.1) is 12.0 Å². The Morgan fingerprint density at radius 3 is 2.68 bits per heavy atom. The number of likely N-dealkylation sites (N-methyl/N-ethyl adjacent to an activating group) is 1. The number of nitrogens with zero attached hydrogens (tertiary/aromatic N) is 3. The second kappa shape index (κ2) is 6.90. The predicted molar refractivity (Wildman–Crippen MR) is 94.1 cm³/mol. The number of hydrogen-bond acceptors (Lipinski definition) is 5. The van der Waals surface area contributed by atoms with Crippen molar-refractivity contribution < 1.29 is 14.5 Å². The highest BCUT2D eigenvalue weighted by Gasteiger charge is 2.25. The molecule has 130 valence electrons. The Bertz CT molecular complexity index is 822. The van der Waals surface area contributed by atoms with Gasteiger partial charge in [0.2, 0.25) is 0 Å². The van der Waals surface area contributed by atoms with E-state index in [1.807, 2.05) is 31.3 Å². The molecule has 7 heteroatoms. The summed E-state index contributed by atoms with van der Waals surface area (Å²) in [6, 6.07) is 12.0. The summed E-state index contributed by atoms with van der Waals surface area (Å²) >= 11 is 0. The third kappa shape index (κ3) is 3.32. The molecule has 0 atom stereocenters. The summed E-state index contributed by atoms with van der Waals surface area (Å²) in [5, 5.41) is 11.0. The number of benzene rings is 2. The summed E-state index contributed by atoms with van der Waals surface area (Å²) in [5.74, 6) is -0.118. The van der Waals surface area contributed by atoms with Gasteiger partial charge in [-0.2, -0.15) is 0 Å². The zero-order valence-electron chi connectivity index (χ0n) is 14.1. The highest BCUT2D eigenvalue weighted by atomic mass is 16.6. The number of ether oxygens (including phenoxy) is 1. The lowest BCUT2D eigenvalue weighted by atomic mass is 10.1. The Kier molecular flexibility index (Phi) is 4.67. The van der Waals surface area contributed by atoms with E-state index in [1.165, 1.54) is 25.3 Å². The minimum Gasteiger partial charge on any atom is -0.490 e. The molecular weight excluding hydrogens is 322 g/mol. The number of rotatable bonds is 3. The van der Waals surface area contributed by atoms with Crippen molar-refractivity contribution in [2.24, 2.45) is 0 Å². The molecule has 0 fully saturated rings. The number of para-hydroxylation sites is 1. The normalized spacial score (nSPS) is 14.6. The zero-order valence-corrected chi connectivity index (χ0v) is 14.1. The van der Waals surface area contributed by atoms with E-state index >= 15 is 0 Å². The van der Waals surface area contributed by atoms with Gasteiger partial charge in [0.25, 0.3) is 5.91 Å². The van der Waals surface area contributed by atoms with E-state index in [1.54, 1.807) is 4.90 Å². The van der Waals surface area contributed by atoms with Crippen molar-refractivity contribution >= 4 is 17.3 Å². The van der Waals surface area contributed by atoms with Gasteiger partial charge >= 0.3 is 5.69 Å². The second-order valence-corrected chi connectivity index (χ2v) is 5.97. The monoisotopic (exact) mass is 341 g/mol. The molecule has 0 saturated carbocycles. The Balaban J connectivity index is 1.99. The summed E-state index contributed by atoms with van der Waals surface area (Å²) in [6.45, 7) is 2.06.